The second kappa shape index (κ2) is 5.05. The molecule has 1 aromatic rings. The molecule has 1 rings (SSSR count). The predicted molar refractivity (Wildman–Crippen MR) is 70.0 cm³/mol. The molecule has 0 aromatic carbocycles. The molecule has 2 atom stereocenters. The molecule has 0 saturated carbocycles. The third-order valence-electron chi connectivity index (χ3n) is 2.46. The van der Waals surface area contributed by atoms with E-state index in [1.165, 1.54) is 4.68 Å². The summed E-state index contributed by atoms with van der Waals surface area (Å²) in [6.45, 7) is 3.34. The zero-order chi connectivity index (χ0) is 14.1. The van der Waals surface area contributed by atoms with Crippen molar-refractivity contribution < 1.29 is 14.9 Å². The zero-order valence-corrected chi connectivity index (χ0v) is 10.4. The maximum atomic E-state index is 9.72. The molecular weight excluding hydrogens is 227 g/mol. The Hall–Kier alpha value is -0.810. The molecule has 9 heteroatoms. The van der Waals surface area contributed by atoms with E-state index in [-0.39, 0.29) is 18.5 Å². The number of ether oxygens (including phenoxy) is 1. The molecule has 0 amide bonds. The maximum absolute atomic E-state index is 9.72. The Balaban J connectivity index is 2.96. The minimum atomic E-state index is -2.47. The van der Waals surface area contributed by atoms with Crippen LogP contribution < -0.4 is 4.74 Å². The molecule has 2 N–H and O–H groups in total. The van der Waals surface area contributed by atoms with E-state index >= 15 is 0 Å². The van der Waals surface area contributed by atoms with Crippen molar-refractivity contribution in [3.05, 3.63) is 11.8 Å². The molecule has 0 spiro atoms. The van der Waals surface area contributed by atoms with Gasteiger partial charge in [-0.15, -0.1) is 5.10 Å². The molecule has 88 valence electrons. The third-order valence-corrected chi connectivity index (χ3v) is 2.46. The van der Waals surface area contributed by atoms with Crippen LogP contribution in [0, 0.1) is 6.92 Å². The van der Waals surface area contributed by atoms with Crippen LogP contribution in [0.3, 0.4) is 0 Å². The molecule has 5 nitrogen and oxygen atoms in total. The van der Waals surface area contributed by atoms with Gasteiger partial charge in [0.2, 0.25) is 5.88 Å². The second-order valence-electron chi connectivity index (χ2n) is 4.36. The van der Waals surface area contributed by atoms with E-state index in [1.54, 1.807) is 20.0 Å². The molecule has 8 radical (unpaired) electrons. The van der Waals surface area contributed by atoms with Crippen molar-refractivity contribution in [1.82, 2.24) is 9.78 Å². The van der Waals surface area contributed by atoms with Crippen molar-refractivity contribution in [2.45, 2.75) is 30.7 Å². The first-order chi connectivity index (χ1) is 8.08. The van der Waals surface area contributed by atoms with Gasteiger partial charge in [0.1, 0.15) is 5.69 Å². The fraction of sp³-hybridized carbons (Fsp3) is 0.667. The van der Waals surface area contributed by atoms with Gasteiger partial charge in [-0.05, 0) is 13.8 Å². The number of hydrogen-bond acceptors (Lipinski definition) is 4. The summed E-state index contributed by atoms with van der Waals surface area (Å²) in [4.78, 5) is 0. The van der Waals surface area contributed by atoms with Gasteiger partial charge in [0, 0.05) is 11.8 Å². The highest BCUT2D eigenvalue weighted by Gasteiger charge is 2.36. The molecule has 0 aliphatic heterocycles. The van der Waals surface area contributed by atoms with E-state index in [0.29, 0.717) is 5.56 Å². The summed E-state index contributed by atoms with van der Waals surface area (Å²) >= 11 is 0. The Kier molecular flexibility index (Phi) is 4.28. The van der Waals surface area contributed by atoms with Crippen molar-refractivity contribution in [3.63, 3.8) is 0 Å². The molecule has 18 heavy (non-hydrogen) atoms. The van der Waals surface area contributed by atoms with Gasteiger partial charge >= 0.3 is 0 Å². The van der Waals surface area contributed by atoms with Gasteiger partial charge < -0.3 is 14.9 Å². The van der Waals surface area contributed by atoms with Crippen LogP contribution in [0.2, 0.25) is 5.11 Å². The van der Waals surface area contributed by atoms with Crippen molar-refractivity contribution in [2.75, 3.05) is 6.61 Å². The smallest absolute Gasteiger partial charge is 0.237 e. The van der Waals surface area contributed by atoms with Crippen LogP contribution in [0.1, 0.15) is 18.5 Å². The summed E-state index contributed by atoms with van der Waals surface area (Å²) in [6.07, 6.45) is 1.62. The molecule has 0 fully saturated rings. The molecule has 1 heterocycles. The summed E-state index contributed by atoms with van der Waals surface area (Å²) in [5.74, 6) is 0.0334. The van der Waals surface area contributed by atoms with E-state index < -0.39 is 10.8 Å². The normalized spacial score (nSPS) is 17.1. The number of aliphatic hydroxyl groups is 2. The average Bonchev–Trinajstić information content (AvgIpc) is 2.57. The highest BCUT2D eigenvalue weighted by Crippen LogP contribution is 2.29. The van der Waals surface area contributed by atoms with Crippen LogP contribution >= 0.6 is 0 Å². The van der Waals surface area contributed by atoms with Gasteiger partial charge in [-0.25, -0.2) is 0 Å². The molecule has 2 unspecified atom stereocenters. The van der Waals surface area contributed by atoms with Crippen LogP contribution in [0.15, 0.2) is 6.20 Å². The molecule has 0 aliphatic rings. The van der Waals surface area contributed by atoms with Gasteiger partial charge in [0.05, 0.1) is 36.2 Å². The molecule has 0 aliphatic carbocycles. The molecule has 1 aromatic heterocycles. The number of hydrogen-bond donors (Lipinski definition) is 2. The third kappa shape index (κ3) is 3.14. The monoisotopic (exact) mass is 240 g/mol. The van der Waals surface area contributed by atoms with Gasteiger partial charge in [-0.1, -0.05) is 5.11 Å². The fourth-order valence-corrected chi connectivity index (χ4v) is 1.11. The predicted octanol–water partition coefficient (Wildman–Crippen LogP) is -1.48. The van der Waals surface area contributed by atoms with Crippen LogP contribution in [0.4, 0.5) is 0 Å². The Bertz CT molecular complexity index is 416. The van der Waals surface area contributed by atoms with E-state index in [2.05, 4.69) is 5.10 Å². The van der Waals surface area contributed by atoms with Crippen LogP contribution in [0.25, 0.3) is 0 Å². The zero-order valence-electron chi connectivity index (χ0n) is 10.4. The van der Waals surface area contributed by atoms with E-state index in [0.717, 1.165) is 0 Å². The largest absolute Gasteiger partial charge is 0.456 e. The minimum Gasteiger partial charge on any atom is -0.456 e. The Morgan fingerprint density at radius 2 is 2.00 bits per heavy atom. The van der Waals surface area contributed by atoms with E-state index in [9.17, 15) is 5.11 Å². The highest BCUT2D eigenvalue weighted by atomic mass is 16.6. The van der Waals surface area contributed by atoms with E-state index in [1.807, 2.05) is 0 Å². The summed E-state index contributed by atoms with van der Waals surface area (Å²) in [5, 5.41) is 20.6. The van der Waals surface area contributed by atoms with Crippen molar-refractivity contribution in [2.24, 2.45) is 0 Å². The first-order valence-corrected chi connectivity index (χ1v) is 5.32. The standard InChI is InChI=1S/C9H12B4N2O3/c1-5-3-15(6(2)4-16)14-7(5)18-9(13,17)8(10,11)12/h3,6,16-17H,4H2,1-2H3. The highest BCUT2D eigenvalue weighted by molar-refractivity contribution is 6.62. The maximum Gasteiger partial charge on any atom is 0.237 e. The average molecular weight is 239 g/mol. The quantitative estimate of drug-likeness (QED) is 0.486. The lowest BCUT2D eigenvalue weighted by molar-refractivity contribution is -0.0640. The van der Waals surface area contributed by atoms with Gasteiger partial charge in [0.25, 0.3) is 0 Å². The first kappa shape index (κ1) is 15.2. The minimum absolute atomic E-state index is 0.0334. The van der Waals surface area contributed by atoms with Crippen LogP contribution in [-0.4, -0.2) is 63.7 Å². The Labute approximate surface area is 112 Å². The SMILES string of the molecule is [B]C([B])([B])C([B])(O)Oc1nn(C(C)CO)cc1C. The molecular formula is C9H12B4N2O3. The first-order valence-electron chi connectivity index (χ1n) is 5.32. The van der Waals surface area contributed by atoms with Gasteiger partial charge in [-0.3, -0.25) is 4.68 Å². The number of aryl methyl sites for hydroxylation is 1. The number of rotatable bonds is 5. The summed E-state index contributed by atoms with van der Waals surface area (Å²) in [6, 6.07) is -0.245. The second-order valence-corrected chi connectivity index (χ2v) is 4.36. The summed E-state index contributed by atoms with van der Waals surface area (Å²) in [5.41, 5.74) is -1.89. The van der Waals surface area contributed by atoms with Crippen molar-refractivity contribution >= 4 is 31.4 Å². The number of aliphatic hydroxyl groups excluding tert-OH is 1. The van der Waals surface area contributed by atoms with Crippen molar-refractivity contribution in [3.8, 4) is 5.88 Å². The number of aromatic nitrogens is 2. The molecule has 0 saturated heterocycles. The lowest BCUT2D eigenvalue weighted by Gasteiger charge is -2.38. The van der Waals surface area contributed by atoms with Gasteiger partial charge in [0.15, 0.2) is 7.85 Å². The van der Waals surface area contributed by atoms with E-state index in [4.69, 9.17) is 41.2 Å². The summed E-state index contributed by atoms with van der Waals surface area (Å²) in [7, 11) is 21.2. The number of nitrogens with zero attached hydrogens (tertiary/aromatic N) is 2. The Morgan fingerprint density at radius 1 is 1.44 bits per heavy atom. The van der Waals surface area contributed by atoms with Gasteiger partial charge in [-0.2, -0.15) is 0 Å². The van der Waals surface area contributed by atoms with Crippen LogP contribution in [-0.2, 0) is 0 Å². The molecule has 0 bridgehead atoms. The lowest BCUT2D eigenvalue weighted by Crippen LogP contribution is -2.50. The Morgan fingerprint density at radius 3 is 2.44 bits per heavy atom. The fourth-order valence-electron chi connectivity index (χ4n) is 1.11. The van der Waals surface area contributed by atoms with Crippen LogP contribution in [0.5, 0.6) is 5.88 Å². The lowest BCUT2D eigenvalue weighted by atomic mass is 9.35. The van der Waals surface area contributed by atoms with Crippen molar-refractivity contribution in [1.29, 1.82) is 0 Å². The topological polar surface area (TPSA) is 67.5 Å². The summed E-state index contributed by atoms with van der Waals surface area (Å²) < 4.78 is 6.48.